The third kappa shape index (κ3) is 3.92. The molecule has 1 unspecified atom stereocenters. The van der Waals surface area contributed by atoms with E-state index in [0.717, 1.165) is 73.3 Å². The lowest BCUT2D eigenvalue weighted by Gasteiger charge is -2.28. The van der Waals surface area contributed by atoms with Gasteiger partial charge in [0.15, 0.2) is 22.8 Å². The fourth-order valence-electron chi connectivity index (χ4n) is 4.94. The number of hydrogen-bond acceptors (Lipinski definition) is 10. The number of ether oxygens (including phenoxy) is 1. The Morgan fingerprint density at radius 3 is 2.59 bits per heavy atom. The molecule has 0 bridgehead atoms. The maximum absolute atomic E-state index is 5.81. The Balaban J connectivity index is 1.54. The van der Waals surface area contributed by atoms with Crippen LogP contribution in [0.15, 0.2) is 6.20 Å². The molecular formula is C23H32N10O. The summed E-state index contributed by atoms with van der Waals surface area (Å²) in [6, 6.07) is 0.476. The van der Waals surface area contributed by atoms with Gasteiger partial charge in [-0.15, -0.1) is 0 Å². The van der Waals surface area contributed by atoms with Crippen molar-refractivity contribution in [3.8, 4) is 11.4 Å². The second kappa shape index (κ2) is 8.62. The highest BCUT2D eigenvalue weighted by atomic mass is 16.5. The summed E-state index contributed by atoms with van der Waals surface area (Å²) in [5.74, 6) is 3.42. The zero-order chi connectivity index (χ0) is 23.2. The molecule has 3 aromatic rings. The van der Waals surface area contributed by atoms with E-state index in [1.54, 1.807) is 6.20 Å². The van der Waals surface area contributed by atoms with Crippen molar-refractivity contribution in [3.05, 3.63) is 11.9 Å². The van der Waals surface area contributed by atoms with Crippen LogP contribution in [0.2, 0.25) is 0 Å². The number of hydrogen-bond donors (Lipinski definition) is 2. The zero-order valence-electron chi connectivity index (χ0n) is 19.9. The number of morpholine rings is 1. The number of rotatable bonds is 6. The number of nitrogen functional groups attached to an aromatic ring is 1. The fourth-order valence-corrected chi connectivity index (χ4v) is 4.94. The quantitative estimate of drug-likeness (QED) is 0.550. The highest BCUT2D eigenvalue weighted by Gasteiger charge is 2.32. The van der Waals surface area contributed by atoms with Crippen LogP contribution >= 0.6 is 0 Å². The maximum Gasteiger partial charge on any atom is 0.220 e. The third-order valence-corrected chi connectivity index (χ3v) is 7.12. The number of nitrogens with zero attached hydrogens (tertiary/aromatic N) is 8. The van der Waals surface area contributed by atoms with Gasteiger partial charge >= 0.3 is 0 Å². The molecule has 3 N–H and O–H groups in total. The summed E-state index contributed by atoms with van der Waals surface area (Å²) in [5.41, 5.74) is 9.13. The lowest BCUT2D eigenvalue weighted by atomic mass is 10.2. The van der Waals surface area contributed by atoms with Gasteiger partial charge in [-0.3, -0.25) is 4.57 Å². The van der Waals surface area contributed by atoms with Crippen molar-refractivity contribution in [3.63, 3.8) is 0 Å². The van der Waals surface area contributed by atoms with Crippen molar-refractivity contribution >= 4 is 28.9 Å². The van der Waals surface area contributed by atoms with E-state index in [-0.39, 0.29) is 5.95 Å². The van der Waals surface area contributed by atoms with E-state index in [2.05, 4.69) is 29.7 Å². The predicted octanol–water partition coefficient (Wildman–Crippen LogP) is 1.22. The van der Waals surface area contributed by atoms with Gasteiger partial charge in [0.1, 0.15) is 0 Å². The van der Waals surface area contributed by atoms with Crippen LogP contribution in [0.1, 0.15) is 25.0 Å². The van der Waals surface area contributed by atoms with Crippen molar-refractivity contribution in [2.75, 3.05) is 62.0 Å². The van der Waals surface area contributed by atoms with Crippen LogP contribution in [0.25, 0.3) is 22.6 Å². The molecule has 11 nitrogen and oxygen atoms in total. The highest BCUT2D eigenvalue weighted by molar-refractivity contribution is 5.88. The molecule has 1 saturated carbocycles. The summed E-state index contributed by atoms with van der Waals surface area (Å²) in [5, 5.41) is 3.42. The van der Waals surface area contributed by atoms with Crippen molar-refractivity contribution < 1.29 is 4.74 Å². The van der Waals surface area contributed by atoms with E-state index < -0.39 is 0 Å². The van der Waals surface area contributed by atoms with Crippen molar-refractivity contribution in [2.45, 2.75) is 38.8 Å². The molecule has 5 heterocycles. The number of nitrogens with two attached hydrogens (primary N) is 1. The molecule has 3 aliphatic rings. The van der Waals surface area contributed by atoms with Gasteiger partial charge in [-0.1, -0.05) is 0 Å². The van der Waals surface area contributed by atoms with Crippen molar-refractivity contribution in [1.29, 1.82) is 0 Å². The van der Waals surface area contributed by atoms with Gasteiger partial charge in [-0.05, 0) is 39.2 Å². The Morgan fingerprint density at radius 2 is 1.88 bits per heavy atom. The predicted molar refractivity (Wildman–Crippen MR) is 131 cm³/mol. The zero-order valence-corrected chi connectivity index (χ0v) is 19.9. The second-order valence-electron chi connectivity index (χ2n) is 9.56. The van der Waals surface area contributed by atoms with Gasteiger partial charge in [0.25, 0.3) is 0 Å². The maximum atomic E-state index is 5.81. The fraction of sp³-hybridized carbons (Fsp3) is 0.609. The monoisotopic (exact) mass is 464 g/mol. The molecular weight excluding hydrogens is 432 g/mol. The SMILES string of the molecule is CNC1CCN(c2nc3c(N4CCOCC4)nc(-c4cnc(N)nc4C)nc3n2CC2CC2)C1. The third-order valence-electron chi connectivity index (χ3n) is 7.12. The molecule has 0 amide bonds. The van der Waals surface area contributed by atoms with Crippen molar-refractivity contribution in [2.24, 2.45) is 5.92 Å². The van der Waals surface area contributed by atoms with E-state index in [4.69, 9.17) is 25.4 Å². The molecule has 34 heavy (non-hydrogen) atoms. The normalized spacial score (nSPS) is 21.1. The molecule has 0 radical (unpaired) electrons. The number of likely N-dealkylation sites (N-methyl/N-ethyl adjacent to an activating group) is 1. The van der Waals surface area contributed by atoms with E-state index in [0.29, 0.717) is 31.0 Å². The largest absolute Gasteiger partial charge is 0.378 e. The number of fused-ring (bicyclic) bond motifs is 1. The smallest absolute Gasteiger partial charge is 0.220 e. The van der Waals surface area contributed by atoms with E-state index >= 15 is 0 Å². The summed E-state index contributed by atoms with van der Waals surface area (Å²) in [6.45, 7) is 7.69. The van der Waals surface area contributed by atoms with Crippen LogP contribution in [0.5, 0.6) is 0 Å². The van der Waals surface area contributed by atoms with Gasteiger partial charge in [-0.2, -0.15) is 0 Å². The van der Waals surface area contributed by atoms with Crippen LogP contribution in [0.4, 0.5) is 17.7 Å². The van der Waals surface area contributed by atoms with E-state index in [1.165, 1.54) is 12.8 Å². The Kier molecular flexibility index (Phi) is 5.45. The molecule has 0 aromatic carbocycles. The van der Waals surface area contributed by atoms with Gasteiger partial charge in [0.2, 0.25) is 11.9 Å². The molecule has 6 rings (SSSR count). The highest BCUT2D eigenvalue weighted by Crippen LogP contribution is 2.37. The van der Waals surface area contributed by atoms with Crippen LogP contribution in [-0.4, -0.2) is 82.0 Å². The first kappa shape index (κ1) is 21.5. The van der Waals surface area contributed by atoms with E-state index in [9.17, 15) is 0 Å². The average Bonchev–Trinajstić information content (AvgIpc) is 3.41. The topological polar surface area (TPSA) is 123 Å². The number of aryl methyl sites for hydroxylation is 1. The lowest BCUT2D eigenvalue weighted by molar-refractivity contribution is 0.122. The van der Waals surface area contributed by atoms with Gasteiger partial charge < -0.3 is 25.6 Å². The standard InChI is InChI=1S/C23H32N10O/c1-14-17(11-26-22(24)27-14)19-29-20(31-7-9-34-10-8-31)18-21(30-19)33(12-15-3-4-15)23(28-18)32-6-5-16(13-32)25-2/h11,15-16,25H,3-10,12-13H2,1-2H3,(H2,24,26,27). The van der Waals surface area contributed by atoms with Crippen LogP contribution < -0.4 is 20.9 Å². The molecule has 0 spiro atoms. The average molecular weight is 465 g/mol. The first-order valence-electron chi connectivity index (χ1n) is 12.2. The minimum Gasteiger partial charge on any atom is -0.378 e. The Bertz CT molecular complexity index is 1200. The van der Waals surface area contributed by atoms with E-state index in [1.807, 2.05) is 14.0 Å². The minimum absolute atomic E-state index is 0.255. The summed E-state index contributed by atoms with van der Waals surface area (Å²) in [4.78, 5) is 28.5. The van der Waals surface area contributed by atoms with Crippen LogP contribution in [0, 0.1) is 12.8 Å². The number of imidazole rings is 1. The molecule has 3 aromatic heterocycles. The number of nitrogens with one attached hydrogen (secondary N) is 1. The minimum atomic E-state index is 0.255. The number of aromatic nitrogens is 6. The molecule has 1 atom stereocenters. The molecule has 3 fully saturated rings. The second-order valence-corrected chi connectivity index (χ2v) is 9.56. The molecule has 11 heteroatoms. The number of anilines is 3. The van der Waals surface area contributed by atoms with Crippen LogP contribution in [0.3, 0.4) is 0 Å². The summed E-state index contributed by atoms with van der Waals surface area (Å²) >= 11 is 0. The first-order valence-corrected chi connectivity index (χ1v) is 12.2. The van der Waals surface area contributed by atoms with Crippen LogP contribution in [-0.2, 0) is 11.3 Å². The van der Waals surface area contributed by atoms with Gasteiger partial charge in [0, 0.05) is 45.0 Å². The lowest BCUT2D eigenvalue weighted by Crippen LogP contribution is -2.37. The Labute approximate surface area is 198 Å². The summed E-state index contributed by atoms with van der Waals surface area (Å²) in [7, 11) is 2.03. The van der Waals surface area contributed by atoms with Gasteiger partial charge in [0.05, 0.1) is 24.5 Å². The molecule has 180 valence electrons. The molecule has 1 aliphatic carbocycles. The Morgan fingerprint density at radius 1 is 1.06 bits per heavy atom. The molecule has 2 aliphatic heterocycles. The first-order chi connectivity index (χ1) is 16.6. The summed E-state index contributed by atoms with van der Waals surface area (Å²) in [6.07, 6.45) is 5.36. The van der Waals surface area contributed by atoms with Gasteiger partial charge in [-0.25, -0.2) is 24.9 Å². The molecule has 2 saturated heterocycles. The summed E-state index contributed by atoms with van der Waals surface area (Å²) < 4.78 is 7.94. The van der Waals surface area contributed by atoms with Crippen molar-refractivity contribution in [1.82, 2.24) is 34.8 Å². The Hall–Kier alpha value is -3.05.